The number of nitrogens with one attached hydrogen (secondary N) is 1. The van der Waals surface area contributed by atoms with E-state index in [2.05, 4.69) is 85.7 Å². The highest BCUT2D eigenvalue weighted by atomic mass is 15.1. The maximum absolute atomic E-state index is 3.66. The minimum Gasteiger partial charge on any atom is -0.372 e. The second-order valence-corrected chi connectivity index (χ2v) is 5.58. The summed E-state index contributed by atoms with van der Waals surface area (Å²) in [5.41, 5.74) is 3.98. The van der Waals surface area contributed by atoms with Crippen molar-refractivity contribution in [2.24, 2.45) is 0 Å². The minimum absolute atomic E-state index is 0.357. The highest BCUT2D eigenvalue weighted by Crippen LogP contribution is 2.21. The van der Waals surface area contributed by atoms with Crippen molar-refractivity contribution in [3.05, 3.63) is 65.7 Å². The lowest BCUT2D eigenvalue weighted by molar-refractivity contribution is 0.530. The molecule has 0 fully saturated rings. The van der Waals surface area contributed by atoms with Gasteiger partial charge in [0.2, 0.25) is 0 Å². The Hall–Kier alpha value is -1.80. The average molecular weight is 282 g/mol. The summed E-state index contributed by atoms with van der Waals surface area (Å²) in [5.74, 6) is 0. The fourth-order valence-electron chi connectivity index (χ4n) is 2.66. The van der Waals surface area contributed by atoms with E-state index in [0.29, 0.717) is 6.04 Å². The van der Waals surface area contributed by atoms with Gasteiger partial charge in [-0.2, -0.15) is 0 Å². The normalized spacial score (nSPS) is 12.1. The fraction of sp³-hybridized carbons (Fsp3) is 0.368. The summed E-state index contributed by atoms with van der Waals surface area (Å²) in [4.78, 5) is 2.34. The number of aryl methyl sites for hydroxylation is 1. The predicted molar refractivity (Wildman–Crippen MR) is 91.9 cm³/mol. The van der Waals surface area contributed by atoms with E-state index in [9.17, 15) is 0 Å². The van der Waals surface area contributed by atoms with E-state index in [0.717, 1.165) is 19.5 Å². The highest BCUT2D eigenvalue weighted by molar-refractivity contribution is 5.52. The number of hydrogen-bond acceptors (Lipinski definition) is 2. The van der Waals surface area contributed by atoms with Gasteiger partial charge in [0.15, 0.2) is 0 Å². The molecule has 2 heteroatoms. The van der Waals surface area contributed by atoms with E-state index in [4.69, 9.17) is 0 Å². The van der Waals surface area contributed by atoms with Crippen molar-refractivity contribution < 1.29 is 0 Å². The van der Waals surface area contributed by atoms with Crippen LogP contribution in [0.2, 0.25) is 0 Å². The lowest BCUT2D eigenvalue weighted by Gasteiger charge is -2.28. The van der Waals surface area contributed by atoms with Crippen LogP contribution in [0.3, 0.4) is 0 Å². The number of nitrogens with zero attached hydrogens (tertiary/aromatic N) is 1. The third-order valence-electron chi connectivity index (χ3n) is 3.83. The van der Waals surface area contributed by atoms with Crippen LogP contribution < -0.4 is 10.2 Å². The average Bonchev–Trinajstić information content (AvgIpc) is 2.52. The molecule has 112 valence electrons. The van der Waals surface area contributed by atoms with Crippen LogP contribution in [0.15, 0.2) is 54.6 Å². The summed E-state index contributed by atoms with van der Waals surface area (Å²) in [7, 11) is 2.17. The lowest BCUT2D eigenvalue weighted by Crippen LogP contribution is -2.33. The maximum atomic E-state index is 3.66. The Bertz CT molecular complexity index is 536. The zero-order chi connectivity index (χ0) is 15.1. The van der Waals surface area contributed by atoms with Gasteiger partial charge in [-0.25, -0.2) is 0 Å². The number of rotatable bonds is 7. The molecule has 2 nitrogen and oxygen atoms in total. The Labute approximate surface area is 128 Å². The molecule has 0 radical (unpaired) electrons. The molecule has 0 aliphatic rings. The zero-order valence-electron chi connectivity index (χ0n) is 13.3. The van der Waals surface area contributed by atoms with Crippen molar-refractivity contribution >= 4 is 5.69 Å². The molecule has 0 aromatic heterocycles. The molecule has 0 aliphatic heterocycles. The Morgan fingerprint density at radius 1 is 1.00 bits per heavy atom. The highest BCUT2D eigenvalue weighted by Gasteiger charge is 2.14. The van der Waals surface area contributed by atoms with Gasteiger partial charge in [-0.3, -0.25) is 0 Å². The van der Waals surface area contributed by atoms with E-state index in [-0.39, 0.29) is 0 Å². The van der Waals surface area contributed by atoms with Crippen LogP contribution in [-0.4, -0.2) is 20.1 Å². The summed E-state index contributed by atoms with van der Waals surface area (Å²) >= 11 is 0. The van der Waals surface area contributed by atoms with Crippen LogP contribution in [0.4, 0.5) is 5.69 Å². The molecule has 1 N–H and O–H groups in total. The standard InChI is InChI=1S/C19H26N2/c1-4-14-20-18(17-11-6-5-7-12-17)15-21(3)19-13-9-8-10-16(19)2/h5-13,18,20H,4,14-15H2,1-3H3. The van der Waals surface area contributed by atoms with Gasteiger partial charge in [0.1, 0.15) is 0 Å². The summed E-state index contributed by atoms with van der Waals surface area (Å²) in [6.07, 6.45) is 1.15. The monoisotopic (exact) mass is 282 g/mol. The largest absolute Gasteiger partial charge is 0.372 e. The van der Waals surface area contributed by atoms with Gasteiger partial charge in [-0.1, -0.05) is 55.5 Å². The third-order valence-corrected chi connectivity index (χ3v) is 3.83. The van der Waals surface area contributed by atoms with Crippen molar-refractivity contribution in [1.82, 2.24) is 5.32 Å². The topological polar surface area (TPSA) is 15.3 Å². The van der Waals surface area contributed by atoms with Crippen LogP contribution in [0.1, 0.15) is 30.5 Å². The summed E-state index contributed by atoms with van der Waals surface area (Å²) in [6, 6.07) is 19.6. The van der Waals surface area contributed by atoms with Gasteiger partial charge in [0, 0.05) is 25.3 Å². The van der Waals surface area contributed by atoms with Crippen LogP contribution in [0.5, 0.6) is 0 Å². The Kier molecular flexibility index (Phi) is 5.82. The molecular formula is C19H26N2. The molecule has 0 spiro atoms. The van der Waals surface area contributed by atoms with Crippen LogP contribution in [0.25, 0.3) is 0 Å². The lowest BCUT2D eigenvalue weighted by atomic mass is 10.1. The number of likely N-dealkylation sites (N-methyl/N-ethyl adjacent to an activating group) is 1. The maximum Gasteiger partial charge on any atom is 0.0498 e. The van der Waals surface area contributed by atoms with Gasteiger partial charge in [0.05, 0.1) is 0 Å². The Balaban J connectivity index is 2.13. The fourth-order valence-corrected chi connectivity index (χ4v) is 2.66. The molecule has 1 atom stereocenters. The van der Waals surface area contributed by atoms with Gasteiger partial charge >= 0.3 is 0 Å². The predicted octanol–water partition coefficient (Wildman–Crippen LogP) is 4.17. The first-order valence-corrected chi connectivity index (χ1v) is 7.77. The van der Waals surface area contributed by atoms with Crippen molar-refractivity contribution in [3.8, 4) is 0 Å². The van der Waals surface area contributed by atoms with E-state index in [1.165, 1.54) is 16.8 Å². The van der Waals surface area contributed by atoms with Gasteiger partial charge in [-0.05, 0) is 37.1 Å². The van der Waals surface area contributed by atoms with E-state index < -0.39 is 0 Å². The summed E-state index contributed by atoms with van der Waals surface area (Å²) in [5, 5.41) is 3.66. The van der Waals surface area contributed by atoms with Crippen molar-refractivity contribution in [3.63, 3.8) is 0 Å². The van der Waals surface area contributed by atoms with Crippen LogP contribution in [-0.2, 0) is 0 Å². The molecule has 2 aromatic rings. The molecule has 2 aromatic carbocycles. The summed E-state index contributed by atoms with van der Waals surface area (Å²) < 4.78 is 0. The summed E-state index contributed by atoms with van der Waals surface area (Å²) in [6.45, 7) is 6.39. The van der Waals surface area contributed by atoms with E-state index in [1.807, 2.05) is 0 Å². The Morgan fingerprint density at radius 3 is 2.33 bits per heavy atom. The molecule has 0 saturated carbocycles. The van der Waals surface area contributed by atoms with Crippen molar-refractivity contribution in [2.75, 3.05) is 25.0 Å². The van der Waals surface area contributed by atoms with E-state index in [1.54, 1.807) is 0 Å². The second kappa shape index (κ2) is 7.84. The Morgan fingerprint density at radius 2 is 1.67 bits per heavy atom. The SMILES string of the molecule is CCCNC(CN(C)c1ccccc1C)c1ccccc1. The quantitative estimate of drug-likeness (QED) is 0.820. The molecular weight excluding hydrogens is 256 g/mol. The minimum atomic E-state index is 0.357. The van der Waals surface area contributed by atoms with Gasteiger partial charge in [0.25, 0.3) is 0 Å². The first kappa shape index (κ1) is 15.6. The molecule has 1 unspecified atom stereocenters. The number of anilines is 1. The number of para-hydroxylation sites is 1. The zero-order valence-corrected chi connectivity index (χ0v) is 13.3. The number of benzene rings is 2. The molecule has 21 heavy (non-hydrogen) atoms. The van der Waals surface area contributed by atoms with Crippen molar-refractivity contribution in [2.45, 2.75) is 26.3 Å². The third kappa shape index (κ3) is 4.33. The molecule has 0 saturated heterocycles. The van der Waals surface area contributed by atoms with Gasteiger partial charge in [-0.15, -0.1) is 0 Å². The van der Waals surface area contributed by atoms with E-state index >= 15 is 0 Å². The molecule has 2 rings (SSSR count). The first-order valence-electron chi connectivity index (χ1n) is 7.77. The molecule has 0 bridgehead atoms. The first-order chi connectivity index (χ1) is 10.2. The van der Waals surface area contributed by atoms with Crippen LogP contribution in [0, 0.1) is 6.92 Å². The van der Waals surface area contributed by atoms with Crippen LogP contribution >= 0.6 is 0 Å². The molecule has 0 amide bonds. The molecule has 0 aliphatic carbocycles. The molecule has 0 heterocycles. The number of hydrogen-bond donors (Lipinski definition) is 1. The van der Waals surface area contributed by atoms with Gasteiger partial charge < -0.3 is 10.2 Å². The van der Waals surface area contributed by atoms with Crippen molar-refractivity contribution in [1.29, 1.82) is 0 Å². The second-order valence-electron chi connectivity index (χ2n) is 5.58. The smallest absolute Gasteiger partial charge is 0.0498 e.